The maximum Gasteiger partial charge on any atom is 0.265 e. The molecule has 1 amide bonds. The molecule has 0 N–H and O–H groups in total. The number of carbonyl (C=O) groups is 1. The minimum atomic E-state index is -0.0531. The second-order valence-electron chi connectivity index (χ2n) is 7.79. The lowest BCUT2D eigenvalue weighted by atomic mass is 10.1. The van der Waals surface area contributed by atoms with Gasteiger partial charge in [-0.1, -0.05) is 18.2 Å². The molecule has 2 aromatic carbocycles. The molecule has 4 aromatic rings. The van der Waals surface area contributed by atoms with E-state index in [0.717, 1.165) is 39.0 Å². The number of hydrogen-bond donors (Lipinski definition) is 0. The van der Waals surface area contributed by atoms with Crippen LogP contribution in [0.2, 0.25) is 0 Å². The van der Waals surface area contributed by atoms with Gasteiger partial charge in [0.2, 0.25) is 0 Å². The van der Waals surface area contributed by atoms with Crippen molar-refractivity contribution in [2.75, 3.05) is 24.7 Å². The van der Waals surface area contributed by atoms with Gasteiger partial charge in [-0.3, -0.25) is 9.78 Å². The zero-order valence-electron chi connectivity index (χ0n) is 18.2. The number of benzene rings is 2. The van der Waals surface area contributed by atoms with Gasteiger partial charge in [0.25, 0.3) is 5.91 Å². The Morgan fingerprint density at radius 2 is 2.03 bits per heavy atom. The lowest BCUT2D eigenvalue weighted by Crippen LogP contribution is -2.39. The number of rotatable bonds is 7. The van der Waals surface area contributed by atoms with Crippen LogP contribution in [0.3, 0.4) is 0 Å². The van der Waals surface area contributed by atoms with Gasteiger partial charge in [-0.2, -0.15) is 0 Å². The minimum absolute atomic E-state index is 0.0472. The number of anilines is 1. The third-order valence-corrected chi connectivity index (χ3v) is 6.24. The van der Waals surface area contributed by atoms with Crippen molar-refractivity contribution in [2.45, 2.75) is 13.3 Å². The van der Waals surface area contributed by atoms with E-state index >= 15 is 0 Å². The zero-order chi connectivity index (χ0) is 22.6. The van der Waals surface area contributed by atoms with Crippen LogP contribution in [0.1, 0.15) is 12.0 Å². The quantitative estimate of drug-likeness (QED) is 0.349. The fourth-order valence-corrected chi connectivity index (χ4v) is 4.54. The first kappa shape index (κ1) is 21.2. The van der Waals surface area contributed by atoms with Crippen LogP contribution < -0.4 is 14.4 Å². The van der Waals surface area contributed by atoms with Gasteiger partial charge >= 0.3 is 0 Å². The highest BCUT2D eigenvalue weighted by Gasteiger charge is 2.26. The zero-order valence-corrected chi connectivity index (χ0v) is 19.0. The molecule has 6 nitrogen and oxygen atoms in total. The molecule has 0 fully saturated rings. The van der Waals surface area contributed by atoms with Crippen LogP contribution in [0.4, 0.5) is 5.69 Å². The van der Waals surface area contributed by atoms with E-state index < -0.39 is 0 Å². The second kappa shape index (κ2) is 9.42. The van der Waals surface area contributed by atoms with Crippen molar-refractivity contribution >= 4 is 22.9 Å². The van der Waals surface area contributed by atoms with Gasteiger partial charge in [0.15, 0.2) is 6.61 Å². The third-order valence-electron chi connectivity index (χ3n) is 5.37. The normalized spacial score (nSPS) is 12.9. The Morgan fingerprint density at radius 3 is 2.88 bits per heavy atom. The summed E-state index contributed by atoms with van der Waals surface area (Å²) < 4.78 is 11.5. The van der Waals surface area contributed by atoms with Crippen molar-refractivity contribution in [1.82, 2.24) is 9.97 Å². The molecule has 0 radical (unpaired) electrons. The maximum absolute atomic E-state index is 12.6. The average Bonchev–Trinajstić information content (AvgIpc) is 3.34. The Bertz CT molecular complexity index is 1270. The van der Waals surface area contributed by atoms with Gasteiger partial charge < -0.3 is 14.4 Å². The number of nitrogens with zero attached hydrogens (tertiary/aromatic N) is 3. The molecular weight excluding hydrogens is 434 g/mol. The number of aryl methyl sites for hydroxylation is 1. The minimum Gasteiger partial charge on any atom is -0.494 e. The summed E-state index contributed by atoms with van der Waals surface area (Å²) >= 11 is 1.55. The largest absolute Gasteiger partial charge is 0.494 e. The van der Waals surface area contributed by atoms with Gasteiger partial charge in [-0.25, -0.2) is 4.98 Å². The predicted octanol–water partition coefficient (Wildman–Crippen LogP) is 5.38. The van der Waals surface area contributed by atoms with E-state index in [0.29, 0.717) is 25.3 Å². The van der Waals surface area contributed by atoms with Crippen LogP contribution in [0, 0.1) is 6.92 Å². The molecule has 3 heterocycles. The topological polar surface area (TPSA) is 64.5 Å². The fraction of sp³-hybridized carbons (Fsp3) is 0.192. The van der Waals surface area contributed by atoms with Crippen molar-refractivity contribution in [3.05, 3.63) is 77.8 Å². The van der Waals surface area contributed by atoms with Crippen LogP contribution in [0.25, 0.3) is 22.0 Å². The number of ether oxygens (including phenoxy) is 2. The molecule has 0 bridgehead atoms. The van der Waals surface area contributed by atoms with Gasteiger partial charge in [0.1, 0.15) is 16.5 Å². The molecular formula is C26H23N3O3S. The Morgan fingerprint density at radius 1 is 1.09 bits per heavy atom. The highest BCUT2D eigenvalue weighted by molar-refractivity contribution is 7.13. The van der Waals surface area contributed by atoms with E-state index in [2.05, 4.69) is 4.98 Å². The molecule has 166 valence electrons. The highest BCUT2D eigenvalue weighted by atomic mass is 32.1. The van der Waals surface area contributed by atoms with E-state index in [9.17, 15) is 4.79 Å². The number of aromatic nitrogens is 2. The molecule has 0 saturated carbocycles. The third kappa shape index (κ3) is 4.73. The Labute approximate surface area is 196 Å². The maximum atomic E-state index is 12.6. The highest BCUT2D eigenvalue weighted by Crippen LogP contribution is 2.37. The summed E-state index contributed by atoms with van der Waals surface area (Å²) in [6, 6.07) is 19.6. The van der Waals surface area contributed by atoms with E-state index in [4.69, 9.17) is 14.5 Å². The molecule has 2 aromatic heterocycles. The molecule has 0 atom stereocenters. The van der Waals surface area contributed by atoms with E-state index in [1.807, 2.05) is 73.0 Å². The summed E-state index contributed by atoms with van der Waals surface area (Å²) in [5.41, 5.74) is 4.56. The monoisotopic (exact) mass is 457 g/mol. The van der Waals surface area contributed by atoms with E-state index in [1.165, 1.54) is 0 Å². The molecule has 1 aliphatic rings. The fourth-order valence-electron chi connectivity index (χ4n) is 3.74. The second-order valence-corrected chi connectivity index (χ2v) is 8.65. The van der Waals surface area contributed by atoms with Crippen molar-refractivity contribution in [1.29, 1.82) is 0 Å². The Balaban J connectivity index is 1.31. The van der Waals surface area contributed by atoms with Crippen LogP contribution >= 0.6 is 11.3 Å². The van der Waals surface area contributed by atoms with Crippen molar-refractivity contribution in [3.8, 4) is 33.5 Å². The number of thiazole rings is 1. The van der Waals surface area contributed by atoms with Crippen molar-refractivity contribution < 1.29 is 14.3 Å². The van der Waals surface area contributed by atoms with Gasteiger partial charge in [0.05, 0.1) is 23.7 Å². The smallest absolute Gasteiger partial charge is 0.265 e. The SMILES string of the molecule is Cc1cccc(OCCCN2C(=O)COc3ccc(-c4csc(-c5ccccn5)n4)cc32)c1. The number of hydrogen-bond acceptors (Lipinski definition) is 6. The van der Waals surface area contributed by atoms with Crippen molar-refractivity contribution in [2.24, 2.45) is 0 Å². The molecule has 0 spiro atoms. The Hall–Kier alpha value is -3.71. The molecule has 7 heteroatoms. The van der Waals surface area contributed by atoms with Crippen molar-refractivity contribution in [3.63, 3.8) is 0 Å². The first-order valence-corrected chi connectivity index (χ1v) is 11.7. The number of amides is 1. The van der Waals surface area contributed by atoms with Gasteiger partial charge in [-0.05, 0) is 61.4 Å². The van der Waals surface area contributed by atoms with Gasteiger partial charge in [0, 0.05) is 23.7 Å². The van der Waals surface area contributed by atoms with E-state index in [-0.39, 0.29) is 12.5 Å². The predicted molar refractivity (Wildman–Crippen MR) is 130 cm³/mol. The summed E-state index contributed by atoms with van der Waals surface area (Å²) in [5, 5.41) is 2.87. The number of carbonyl (C=O) groups excluding carboxylic acids is 1. The molecule has 5 rings (SSSR count). The lowest BCUT2D eigenvalue weighted by Gasteiger charge is -2.29. The summed E-state index contributed by atoms with van der Waals surface area (Å²) in [4.78, 5) is 23.6. The standard InChI is InChI=1S/C26H23N3O3S/c1-18-6-4-7-20(14-18)31-13-5-12-29-23-15-19(9-10-24(23)32-16-25(29)30)22-17-33-26(28-22)21-8-2-3-11-27-21/h2-4,6-11,14-15,17H,5,12-13,16H2,1H3. The van der Waals surface area contributed by atoms with E-state index in [1.54, 1.807) is 22.4 Å². The van der Waals surface area contributed by atoms with Crippen LogP contribution in [-0.2, 0) is 4.79 Å². The van der Waals surface area contributed by atoms with Crippen LogP contribution in [-0.4, -0.2) is 35.6 Å². The summed E-state index contributed by atoms with van der Waals surface area (Å²) in [7, 11) is 0. The number of pyridine rings is 1. The van der Waals surface area contributed by atoms with Crippen LogP contribution in [0.5, 0.6) is 11.5 Å². The number of fused-ring (bicyclic) bond motifs is 1. The molecule has 0 saturated heterocycles. The molecule has 0 aliphatic carbocycles. The summed E-state index contributed by atoms with van der Waals surface area (Å²) in [6.45, 7) is 3.17. The molecule has 33 heavy (non-hydrogen) atoms. The molecule has 1 aliphatic heterocycles. The molecule has 0 unspecified atom stereocenters. The first-order chi connectivity index (χ1) is 16.2. The summed E-state index contributed by atoms with van der Waals surface area (Å²) in [6.07, 6.45) is 2.47. The van der Waals surface area contributed by atoms with Crippen LogP contribution in [0.15, 0.2) is 72.2 Å². The average molecular weight is 458 g/mol. The summed E-state index contributed by atoms with van der Waals surface area (Å²) in [5.74, 6) is 1.50. The van der Waals surface area contributed by atoms with Gasteiger partial charge in [-0.15, -0.1) is 11.3 Å². The first-order valence-electron chi connectivity index (χ1n) is 10.8. The Kier molecular flexibility index (Phi) is 6.04. The lowest BCUT2D eigenvalue weighted by molar-refractivity contribution is -0.121.